The summed E-state index contributed by atoms with van der Waals surface area (Å²) in [5, 5.41) is 0. The highest BCUT2D eigenvalue weighted by Crippen LogP contribution is 2.37. The van der Waals surface area contributed by atoms with E-state index >= 15 is 0 Å². The Morgan fingerprint density at radius 2 is 0.929 bits per heavy atom. The lowest BCUT2D eigenvalue weighted by molar-refractivity contribution is 1.26. The molecule has 0 bridgehead atoms. The summed E-state index contributed by atoms with van der Waals surface area (Å²) in [7, 11) is 0. The minimum absolute atomic E-state index is 0.818. The van der Waals surface area contributed by atoms with E-state index in [9.17, 15) is 0 Å². The van der Waals surface area contributed by atoms with E-state index in [-0.39, 0.29) is 0 Å². The highest BCUT2D eigenvalue weighted by Gasteiger charge is 2.18. The predicted molar refractivity (Wildman–Crippen MR) is 118 cm³/mol. The Kier molecular flexibility index (Phi) is 6.50. The Labute approximate surface area is 184 Å². The lowest BCUT2D eigenvalue weighted by atomic mass is 9.97. The van der Waals surface area contributed by atoms with Crippen LogP contribution in [0.1, 0.15) is 11.1 Å². The van der Waals surface area contributed by atoms with Crippen LogP contribution < -0.4 is 0 Å². The fourth-order valence-corrected chi connectivity index (χ4v) is 3.82. The molecule has 4 heteroatoms. The molecule has 2 heterocycles. The van der Waals surface area contributed by atoms with Gasteiger partial charge in [-0.15, -0.1) is 0 Å². The third kappa shape index (κ3) is 4.51. The predicted octanol–water partition coefficient (Wildman–Crippen LogP) is 5.18. The number of pyridine rings is 2. The Hall–Kier alpha value is -1.62. The van der Waals surface area contributed by atoms with Gasteiger partial charge in [0.25, 0.3) is 0 Å². The summed E-state index contributed by atoms with van der Waals surface area (Å²) in [4.78, 5) is 8.60. The van der Waals surface area contributed by atoms with Gasteiger partial charge in [-0.3, -0.25) is 9.97 Å². The van der Waals surface area contributed by atoms with Crippen molar-refractivity contribution in [1.82, 2.24) is 9.97 Å². The van der Waals surface area contributed by atoms with E-state index in [1.165, 1.54) is 0 Å². The van der Waals surface area contributed by atoms with Crippen LogP contribution in [0.15, 0.2) is 33.7 Å². The zero-order valence-electron chi connectivity index (χ0n) is 14.6. The standard InChI is InChI=1S/C24H12Br2N2/c25-21-15-27-13-19(11-9-17-5-1-2-6-17)23(21)24-20(14-28-16-22(24)26)12-10-18-7-3-4-8-18/h1-8,13-16H. The van der Waals surface area contributed by atoms with E-state index < -0.39 is 0 Å². The number of hydrogen-bond donors (Lipinski definition) is 0. The molecule has 0 aliphatic heterocycles. The van der Waals surface area contributed by atoms with Crippen LogP contribution in [0.25, 0.3) is 11.1 Å². The highest BCUT2D eigenvalue weighted by atomic mass is 79.9. The van der Waals surface area contributed by atoms with E-state index in [0.717, 1.165) is 43.0 Å². The molecule has 2 aromatic heterocycles. The molecule has 0 aromatic carbocycles. The van der Waals surface area contributed by atoms with Crippen molar-refractivity contribution in [3.63, 3.8) is 0 Å². The lowest BCUT2D eigenvalue weighted by Gasteiger charge is -2.12. The summed E-state index contributed by atoms with van der Waals surface area (Å²) in [6, 6.07) is 0. The first-order chi connectivity index (χ1) is 13.7. The SMILES string of the molecule is Brc1cncc(C#C[C]2[CH][CH][CH][CH]2)c1-c1c(Br)cncc1C#C[C]1[CH][CH][CH][CH]1. The van der Waals surface area contributed by atoms with Crippen LogP contribution in [0, 0.1) is 86.9 Å². The van der Waals surface area contributed by atoms with Crippen LogP contribution in [0.5, 0.6) is 0 Å². The van der Waals surface area contributed by atoms with Gasteiger partial charge in [-0.1, -0.05) is 23.7 Å². The summed E-state index contributed by atoms with van der Waals surface area (Å²) in [6.45, 7) is 0. The van der Waals surface area contributed by atoms with Crippen LogP contribution in [-0.4, -0.2) is 9.97 Å². The normalized spacial score (nSPS) is 17.1. The van der Waals surface area contributed by atoms with Gasteiger partial charge in [-0.05, 0) is 83.2 Å². The quantitative estimate of drug-likeness (QED) is 0.518. The van der Waals surface area contributed by atoms with Crippen molar-refractivity contribution in [2.45, 2.75) is 0 Å². The number of nitrogens with zero attached hydrogens (tertiary/aromatic N) is 2. The van der Waals surface area contributed by atoms with Crippen molar-refractivity contribution in [2.24, 2.45) is 0 Å². The topological polar surface area (TPSA) is 25.8 Å². The smallest absolute Gasteiger partial charge is 0.0558 e. The molecule has 0 atom stereocenters. The zero-order chi connectivity index (χ0) is 19.3. The molecule has 2 nitrogen and oxygen atoms in total. The van der Waals surface area contributed by atoms with Gasteiger partial charge in [0.1, 0.15) is 0 Å². The summed E-state index contributed by atoms with van der Waals surface area (Å²) >= 11 is 7.28. The zero-order valence-corrected chi connectivity index (χ0v) is 17.8. The Morgan fingerprint density at radius 1 is 0.536 bits per heavy atom. The second kappa shape index (κ2) is 9.25. The van der Waals surface area contributed by atoms with Crippen molar-refractivity contribution in [1.29, 1.82) is 0 Å². The third-order valence-electron chi connectivity index (χ3n) is 4.06. The van der Waals surface area contributed by atoms with Gasteiger partial charge in [-0.2, -0.15) is 0 Å². The van der Waals surface area contributed by atoms with Crippen LogP contribution in [0.3, 0.4) is 0 Å². The van der Waals surface area contributed by atoms with Crippen molar-refractivity contribution in [3.05, 3.63) is 108 Å². The van der Waals surface area contributed by atoms with Gasteiger partial charge in [0.15, 0.2) is 0 Å². The fourth-order valence-electron chi connectivity index (χ4n) is 2.76. The van der Waals surface area contributed by atoms with E-state index in [4.69, 9.17) is 0 Å². The Morgan fingerprint density at radius 3 is 1.32 bits per heavy atom. The average Bonchev–Trinajstić information content (AvgIpc) is 3.39. The van der Waals surface area contributed by atoms with Crippen molar-refractivity contribution in [3.8, 4) is 34.8 Å². The first-order valence-corrected chi connectivity index (χ1v) is 10.1. The molecule has 0 amide bonds. The van der Waals surface area contributed by atoms with Gasteiger partial charge in [0.2, 0.25) is 0 Å². The second-order valence-corrected chi connectivity index (χ2v) is 7.64. The number of aromatic nitrogens is 2. The number of halogens is 2. The molecule has 132 valence electrons. The van der Waals surface area contributed by atoms with E-state index in [2.05, 4.69) is 65.5 Å². The molecule has 2 fully saturated rings. The minimum atomic E-state index is 0.818. The van der Waals surface area contributed by atoms with Crippen LogP contribution in [0.2, 0.25) is 0 Å². The summed E-state index contributed by atoms with van der Waals surface area (Å²) in [6.07, 6.45) is 22.9. The molecule has 2 aliphatic rings. The highest BCUT2D eigenvalue weighted by molar-refractivity contribution is 9.11. The fraction of sp³-hybridized carbons (Fsp3) is 0. The minimum Gasteiger partial charge on any atom is -0.262 e. The molecule has 0 spiro atoms. The molecule has 0 N–H and O–H groups in total. The van der Waals surface area contributed by atoms with E-state index in [1.807, 2.05) is 51.4 Å². The third-order valence-corrected chi connectivity index (χ3v) is 5.26. The maximum Gasteiger partial charge on any atom is 0.0558 e. The first-order valence-electron chi connectivity index (χ1n) is 8.47. The van der Waals surface area contributed by atoms with Crippen LogP contribution in [-0.2, 0) is 0 Å². The molecule has 28 heavy (non-hydrogen) atoms. The molecule has 2 saturated carbocycles. The largest absolute Gasteiger partial charge is 0.262 e. The first kappa shape index (κ1) is 19.7. The van der Waals surface area contributed by atoms with Crippen LogP contribution in [0.4, 0.5) is 0 Å². The maximum absolute atomic E-state index is 4.30. The Balaban J connectivity index is 1.78. The van der Waals surface area contributed by atoms with Gasteiger partial charge < -0.3 is 0 Å². The molecule has 10 radical (unpaired) electrons. The monoisotopic (exact) mass is 486 g/mol. The molecule has 2 aromatic rings. The molecular formula is C24H12Br2N2. The van der Waals surface area contributed by atoms with Gasteiger partial charge in [0.05, 0.1) is 23.0 Å². The molecule has 0 saturated heterocycles. The van der Waals surface area contributed by atoms with Crippen molar-refractivity contribution in [2.75, 3.05) is 0 Å². The van der Waals surface area contributed by atoms with Crippen LogP contribution >= 0.6 is 31.9 Å². The van der Waals surface area contributed by atoms with Gasteiger partial charge in [-0.25, -0.2) is 0 Å². The lowest BCUT2D eigenvalue weighted by Crippen LogP contribution is -1.96. The number of hydrogen-bond acceptors (Lipinski definition) is 2. The summed E-state index contributed by atoms with van der Waals surface area (Å²) in [5.41, 5.74) is 3.52. The van der Waals surface area contributed by atoms with Crippen molar-refractivity contribution < 1.29 is 0 Å². The molecule has 0 unspecified atom stereocenters. The van der Waals surface area contributed by atoms with Gasteiger partial charge >= 0.3 is 0 Å². The van der Waals surface area contributed by atoms with Crippen molar-refractivity contribution >= 4 is 31.9 Å². The maximum atomic E-state index is 4.30. The second-order valence-electron chi connectivity index (χ2n) is 5.93. The molecule has 2 aliphatic carbocycles. The molecule has 4 rings (SSSR count). The van der Waals surface area contributed by atoms with E-state index in [0.29, 0.717) is 0 Å². The summed E-state index contributed by atoms with van der Waals surface area (Å²) in [5.74, 6) is 14.8. The summed E-state index contributed by atoms with van der Waals surface area (Å²) < 4.78 is 1.70. The van der Waals surface area contributed by atoms with Gasteiger partial charge in [0, 0.05) is 44.9 Å². The average molecular weight is 488 g/mol. The number of rotatable bonds is 1. The Bertz CT molecular complexity index is 898. The molecular weight excluding hydrogens is 476 g/mol. The van der Waals surface area contributed by atoms with E-state index in [1.54, 1.807) is 24.8 Å².